The fraction of sp³-hybridized carbons (Fsp3) is 0. The van der Waals surface area contributed by atoms with Gasteiger partial charge in [0.15, 0.2) is 5.76 Å². The zero-order valence-corrected chi connectivity index (χ0v) is 10.5. The molecule has 3 aromatic rings. The molecule has 0 aliphatic rings. The molecule has 88 valence electrons. The highest BCUT2D eigenvalue weighted by molar-refractivity contribution is 6.38. The number of halogens is 2. The number of aromatic amines is 1. The van der Waals surface area contributed by atoms with E-state index in [2.05, 4.69) is 11.1 Å². The van der Waals surface area contributed by atoms with E-state index in [-0.39, 0.29) is 0 Å². The molecular weight excluding hydrogens is 271 g/mol. The molecule has 0 fully saturated rings. The Bertz CT molecular complexity index is 780. The van der Waals surface area contributed by atoms with E-state index in [0.29, 0.717) is 32.8 Å². The Balaban J connectivity index is 2.32. The Kier molecular flexibility index (Phi) is 2.55. The highest BCUT2D eigenvalue weighted by Crippen LogP contribution is 2.38. The molecule has 2 heterocycles. The SMILES string of the molecule is N#Cc1cc(Cl)[nH]c1-c1oc2ccccc2c1Cl. The van der Waals surface area contributed by atoms with E-state index >= 15 is 0 Å². The minimum absolute atomic E-state index is 0.373. The molecule has 0 aliphatic carbocycles. The summed E-state index contributed by atoms with van der Waals surface area (Å²) in [5.74, 6) is 0.432. The average molecular weight is 277 g/mol. The van der Waals surface area contributed by atoms with Crippen LogP contribution in [0.1, 0.15) is 5.56 Å². The van der Waals surface area contributed by atoms with E-state index in [9.17, 15) is 0 Å². The van der Waals surface area contributed by atoms with Crippen LogP contribution in [-0.2, 0) is 0 Å². The van der Waals surface area contributed by atoms with Crippen LogP contribution in [0.25, 0.3) is 22.4 Å². The van der Waals surface area contributed by atoms with E-state index < -0.39 is 0 Å². The summed E-state index contributed by atoms with van der Waals surface area (Å²) in [6.07, 6.45) is 0. The van der Waals surface area contributed by atoms with Crippen LogP contribution in [0.15, 0.2) is 34.7 Å². The number of para-hydroxylation sites is 1. The van der Waals surface area contributed by atoms with Crippen molar-refractivity contribution < 1.29 is 4.42 Å². The monoisotopic (exact) mass is 276 g/mol. The lowest BCUT2D eigenvalue weighted by Crippen LogP contribution is -1.78. The average Bonchev–Trinajstić information content (AvgIpc) is 2.91. The third kappa shape index (κ3) is 1.59. The number of hydrogen-bond donors (Lipinski definition) is 1. The van der Waals surface area contributed by atoms with Crippen molar-refractivity contribution in [1.82, 2.24) is 4.98 Å². The molecule has 0 radical (unpaired) electrons. The number of benzene rings is 1. The van der Waals surface area contributed by atoms with E-state index in [1.807, 2.05) is 24.3 Å². The van der Waals surface area contributed by atoms with Crippen LogP contribution in [-0.4, -0.2) is 4.98 Å². The van der Waals surface area contributed by atoms with Crippen LogP contribution in [0.2, 0.25) is 10.2 Å². The maximum absolute atomic E-state index is 9.05. The van der Waals surface area contributed by atoms with Crippen LogP contribution >= 0.6 is 23.2 Å². The first kappa shape index (κ1) is 11.2. The summed E-state index contributed by atoms with van der Waals surface area (Å²) >= 11 is 12.1. The number of hydrogen-bond acceptors (Lipinski definition) is 2. The Morgan fingerprint density at radius 2 is 2.00 bits per heavy atom. The van der Waals surface area contributed by atoms with Crippen molar-refractivity contribution in [2.24, 2.45) is 0 Å². The van der Waals surface area contributed by atoms with E-state index in [1.54, 1.807) is 6.07 Å². The van der Waals surface area contributed by atoms with Gasteiger partial charge in [0, 0.05) is 5.39 Å². The molecule has 1 N–H and O–H groups in total. The van der Waals surface area contributed by atoms with Crippen molar-refractivity contribution in [2.45, 2.75) is 0 Å². The Morgan fingerprint density at radius 3 is 2.72 bits per heavy atom. The van der Waals surface area contributed by atoms with Crippen LogP contribution in [0, 0.1) is 11.3 Å². The van der Waals surface area contributed by atoms with E-state index in [1.165, 1.54) is 0 Å². The lowest BCUT2D eigenvalue weighted by atomic mass is 10.2. The summed E-state index contributed by atoms with van der Waals surface area (Å²) in [7, 11) is 0. The summed E-state index contributed by atoms with van der Waals surface area (Å²) in [6, 6.07) is 11.0. The number of H-pyrrole nitrogens is 1. The van der Waals surface area contributed by atoms with Gasteiger partial charge in [0.05, 0.1) is 10.6 Å². The third-order valence-corrected chi connectivity index (χ3v) is 3.25. The number of furan rings is 1. The third-order valence-electron chi connectivity index (χ3n) is 2.67. The van der Waals surface area contributed by atoms with Gasteiger partial charge in [-0.2, -0.15) is 5.26 Å². The number of nitrogens with one attached hydrogen (secondary N) is 1. The van der Waals surface area contributed by atoms with Gasteiger partial charge in [0.2, 0.25) is 0 Å². The van der Waals surface area contributed by atoms with Crippen LogP contribution in [0.5, 0.6) is 0 Å². The first-order valence-corrected chi connectivity index (χ1v) is 5.92. The van der Waals surface area contributed by atoms with Crippen molar-refractivity contribution in [2.75, 3.05) is 0 Å². The normalized spacial score (nSPS) is 10.7. The quantitative estimate of drug-likeness (QED) is 0.706. The molecule has 2 aromatic heterocycles. The second-order valence-corrected chi connectivity index (χ2v) is 4.54. The van der Waals surface area contributed by atoms with Crippen molar-refractivity contribution in [1.29, 1.82) is 5.26 Å². The molecule has 0 aliphatic heterocycles. The fourth-order valence-electron chi connectivity index (χ4n) is 1.86. The van der Waals surface area contributed by atoms with Crippen molar-refractivity contribution in [3.8, 4) is 17.5 Å². The molecule has 0 atom stereocenters. The lowest BCUT2D eigenvalue weighted by Gasteiger charge is -1.94. The number of aromatic nitrogens is 1. The second kappa shape index (κ2) is 4.09. The van der Waals surface area contributed by atoms with Gasteiger partial charge in [-0.25, -0.2) is 0 Å². The predicted octanol–water partition coefficient (Wildman–Crippen LogP) is 4.61. The van der Waals surface area contributed by atoms with Crippen LogP contribution in [0.4, 0.5) is 0 Å². The van der Waals surface area contributed by atoms with Gasteiger partial charge in [-0.05, 0) is 18.2 Å². The molecule has 3 nitrogen and oxygen atoms in total. The molecular formula is C13H6Cl2N2O. The highest BCUT2D eigenvalue weighted by atomic mass is 35.5. The van der Waals surface area contributed by atoms with Gasteiger partial charge in [0.1, 0.15) is 22.5 Å². The molecule has 0 unspecified atom stereocenters. The minimum Gasteiger partial charge on any atom is -0.453 e. The maximum Gasteiger partial charge on any atom is 0.171 e. The standard InChI is InChI=1S/C13H6Cl2N2O/c14-10-5-7(6-16)12(17-10)13-11(15)8-3-1-2-4-9(8)18-13/h1-5,17H. The molecule has 1 aromatic carbocycles. The van der Waals surface area contributed by atoms with E-state index in [0.717, 1.165) is 5.39 Å². The first-order valence-electron chi connectivity index (χ1n) is 5.16. The fourth-order valence-corrected chi connectivity index (χ4v) is 2.36. The molecule has 0 saturated heterocycles. The Morgan fingerprint density at radius 1 is 1.22 bits per heavy atom. The van der Waals surface area contributed by atoms with Crippen LogP contribution < -0.4 is 0 Å². The maximum atomic E-state index is 9.05. The van der Waals surface area contributed by atoms with Gasteiger partial charge < -0.3 is 9.40 Å². The van der Waals surface area contributed by atoms with Crippen LogP contribution in [0.3, 0.4) is 0 Å². The topological polar surface area (TPSA) is 52.7 Å². The summed E-state index contributed by atoms with van der Waals surface area (Å²) in [4.78, 5) is 2.88. The number of fused-ring (bicyclic) bond motifs is 1. The molecule has 0 bridgehead atoms. The summed E-state index contributed by atoms with van der Waals surface area (Å²) < 4.78 is 5.67. The van der Waals surface area contributed by atoms with Gasteiger partial charge in [0.25, 0.3) is 0 Å². The number of nitriles is 1. The smallest absolute Gasteiger partial charge is 0.171 e. The molecule has 0 amide bonds. The zero-order chi connectivity index (χ0) is 12.7. The summed E-state index contributed by atoms with van der Waals surface area (Å²) in [5.41, 5.74) is 1.58. The van der Waals surface area contributed by atoms with Crippen molar-refractivity contribution in [3.05, 3.63) is 46.1 Å². The largest absolute Gasteiger partial charge is 0.453 e. The molecule has 0 saturated carbocycles. The summed E-state index contributed by atoms with van der Waals surface area (Å²) in [6.45, 7) is 0. The number of rotatable bonds is 1. The zero-order valence-electron chi connectivity index (χ0n) is 9.00. The molecule has 18 heavy (non-hydrogen) atoms. The summed E-state index contributed by atoms with van der Waals surface area (Å²) in [5, 5.41) is 10.7. The molecule has 5 heteroatoms. The van der Waals surface area contributed by atoms with Gasteiger partial charge in [-0.3, -0.25) is 0 Å². The van der Waals surface area contributed by atoms with Crippen molar-refractivity contribution >= 4 is 34.2 Å². The Hall–Kier alpha value is -1.89. The van der Waals surface area contributed by atoms with Gasteiger partial charge in [-0.1, -0.05) is 35.3 Å². The Labute approximate surface area is 113 Å². The minimum atomic E-state index is 0.373. The number of nitrogens with zero attached hydrogens (tertiary/aromatic N) is 1. The van der Waals surface area contributed by atoms with E-state index in [4.69, 9.17) is 32.9 Å². The van der Waals surface area contributed by atoms with Gasteiger partial charge >= 0.3 is 0 Å². The first-order chi connectivity index (χ1) is 8.70. The molecule has 0 spiro atoms. The molecule has 3 rings (SSSR count). The predicted molar refractivity (Wildman–Crippen MR) is 70.7 cm³/mol. The van der Waals surface area contributed by atoms with Crippen molar-refractivity contribution in [3.63, 3.8) is 0 Å². The second-order valence-electron chi connectivity index (χ2n) is 3.76. The lowest BCUT2D eigenvalue weighted by molar-refractivity contribution is 0.629. The highest BCUT2D eigenvalue weighted by Gasteiger charge is 2.18. The van der Waals surface area contributed by atoms with Gasteiger partial charge in [-0.15, -0.1) is 0 Å².